The molecule has 3 heterocycles. The average Bonchev–Trinajstić information content (AvgIpc) is 3.46. The van der Waals surface area contributed by atoms with E-state index in [1.54, 1.807) is 19.9 Å². The van der Waals surface area contributed by atoms with Gasteiger partial charge in [0.25, 0.3) is 11.9 Å². The molecule has 1 atom stereocenters. The number of rotatable bonds is 5. The largest absolute Gasteiger partial charge is 0.325 e. The third-order valence-electron chi connectivity index (χ3n) is 6.51. The Hall–Kier alpha value is -4.08. The maximum atomic E-state index is 13.3. The molecule has 0 radical (unpaired) electrons. The number of amides is 4. The van der Waals surface area contributed by atoms with Crippen molar-refractivity contribution in [2.75, 3.05) is 11.9 Å². The third kappa shape index (κ3) is 4.05. The van der Waals surface area contributed by atoms with Gasteiger partial charge in [-0.25, -0.2) is 14.8 Å². The van der Waals surface area contributed by atoms with Crippen LogP contribution in [0.15, 0.2) is 30.3 Å². The predicted octanol–water partition coefficient (Wildman–Crippen LogP) is 2.48. The Morgan fingerprint density at radius 3 is 2.49 bits per heavy atom. The monoisotopic (exact) mass is 473 g/mol. The smallest absolute Gasteiger partial charge is 0.319 e. The Bertz CT molecular complexity index is 1360. The summed E-state index contributed by atoms with van der Waals surface area (Å²) >= 11 is 0. The Kier molecular flexibility index (Phi) is 5.38. The topological polar surface area (TPSA) is 122 Å². The number of aryl methyl sites for hydroxylation is 5. The summed E-state index contributed by atoms with van der Waals surface area (Å²) in [5, 5.41) is 9.91. The number of benzene rings is 1. The van der Waals surface area contributed by atoms with E-state index in [2.05, 4.69) is 25.7 Å². The van der Waals surface area contributed by atoms with E-state index in [1.165, 1.54) is 15.8 Å². The van der Waals surface area contributed by atoms with Gasteiger partial charge in [-0.05, 0) is 69.7 Å². The normalized spacial score (nSPS) is 19.1. The van der Waals surface area contributed by atoms with E-state index in [0.717, 1.165) is 41.1 Å². The SMILES string of the molecule is Cc1cc(C)nc(-n2nc(C)cc2NC(=O)CN2C(=O)NC(C)(c3ccc4c(c3)CCC4)C2=O)n1. The molecule has 5 rings (SSSR count). The van der Waals surface area contributed by atoms with Crippen LogP contribution in [-0.2, 0) is 28.0 Å². The fourth-order valence-corrected chi connectivity index (χ4v) is 4.79. The van der Waals surface area contributed by atoms with E-state index in [9.17, 15) is 14.4 Å². The van der Waals surface area contributed by atoms with Crippen LogP contribution in [0, 0.1) is 20.8 Å². The number of hydrogen-bond donors (Lipinski definition) is 2. The van der Waals surface area contributed by atoms with E-state index in [1.807, 2.05) is 38.1 Å². The molecular formula is C25H27N7O3. The fraction of sp³-hybridized carbons (Fsp3) is 0.360. The fourth-order valence-electron chi connectivity index (χ4n) is 4.79. The molecule has 1 fully saturated rings. The van der Waals surface area contributed by atoms with Crippen molar-refractivity contribution in [1.82, 2.24) is 30.0 Å². The van der Waals surface area contributed by atoms with Crippen molar-refractivity contribution in [2.24, 2.45) is 0 Å². The quantitative estimate of drug-likeness (QED) is 0.549. The van der Waals surface area contributed by atoms with E-state index in [0.29, 0.717) is 17.5 Å². The Morgan fingerprint density at radius 1 is 1.03 bits per heavy atom. The second-order valence-corrected chi connectivity index (χ2v) is 9.37. The maximum absolute atomic E-state index is 13.3. The first-order valence-corrected chi connectivity index (χ1v) is 11.6. The number of nitrogens with zero attached hydrogens (tertiary/aromatic N) is 5. The number of carbonyl (C=O) groups is 3. The Morgan fingerprint density at radius 2 is 1.74 bits per heavy atom. The molecule has 1 aliphatic heterocycles. The molecule has 0 spiro atoms. The van der Waals surface area contributed by atoms with Crippen LogP contribution >= 0.6 is 0 Å². The average molecular weight is 474 g/mol. The highest BCUT2D eigenvalue weighted by molar-refractivity contribution is 6.10. The minimum Gasteiger partial charge on any atom is -0.319 e. The first kappa shape index (κ1) is 22.7. The van der Waals surface area contributed by atoms with Crippen molar-refractivity contribution < 1.29 is 14.4 Å². The molecule has 0 saturated carbocycles. The van der Waals surface area contributed by atoms with Gasteiger partial charge < -0.3 is 10.6 Å². The number of fused-ring (bicyclic) bond motifs is 1. The van der Waals surface area contributed by atoms with Crippen molar-refractivity contribution in [3.8, 4) is 5.95 Å². The molecule has 4 amide bonds. The third-order valence-corrected chi connectivity index (χ3v) is 6.51. The molecule has 1 saturated heterocycles. The molecule has 2 aromatic heterocycles. The van der Waals surface area contributed by atoms with E-state index >= 15 is 0 Å². The molecule has 3 aromatic rings. The van der Waals surface area contributed by atoms with E-state index in [4.69, 9.17) is 0 Å². The first-order chi connectivity index (χ1) is 16.6. The van der Waals surface area contributed by atoms with Crippen LogP contribution in [0.2, 0.25) is 0 Å². The van der Waals surface area contributed by atoms with Crippen LogP contribution < -0.4 is 10.6 Å². The molecule has 2 N–H and O–H groups in total. The van der Waals surface area contributed by atoms with Gasteiger partial charge in [-0.3, -0.25) is 14.5 Å². The summed E-state index contributed by atoms with van der Waals surface area (Å²) in [7, 11) is 0. The molecule has 10 nitrogen and oxygen atoms in total. The van der Waals surface area contributed by atoms with Gasteiger partial charge in [0.1, 0.15) is 17.9 Å². The summed E-state index contributed by atoms with van der Waals surface area (Å²) in [5.74, 6) is -0.314. The van der Waals surface area contributed by atoms with Crippen molar-refractivity contribution in [2.45, 2.75) is 52.5 Å². The summed E-state index contributed by atoms with van der Waals surface area (Å²) in [4.78, 5) is 48.7. The highest BCUT2D eigenvalue weighted by Gasteiger charge is 2.49. The molecular weight excluding hydrogens is 446 g/mol. The summed E-state index contributed by atoms with van der Waals surface area (Å²) in [6.45, 7) is 6.74. The second kappa shape index (κ2) is 8.30. The van der Waals surface area contributed by atoms with E-state index in [-0.39, 0.29) is 0 Å². The predicted molar refractivity (Wildman–Crippen MR) is 128 cm³/mol. The van der Waals surface area contributed by atoms with Crippen molar-refractivity contribution in [3.05, 3.63) is 64.1 Å². The van der Waals surface area contributed by atoms with Gasteiger partial charge in [0, 0.05) is 17.5 Å². The zero-order valence-corrected chi connectivity index (χ0v) is 20.2. The molecule has 0 bridgehead atoms. The zero-order valence-electron chi connectivity index (χ0n) is 20.2. The van der Waals surface area contributed by atoms with Crippen LogP contribution in [-0.4, -0.2) is 49.0 Å². The number of nitrogens with one attached hydrogen (secondary N) is 2. The molecule has 1 aliphatic carbocycles. The van der Waals surface area contributed by atoms with Crippen molar-refractivity contribution in [1.29, 1.82) is 0 Å². The molecule has 35 heavy (non-hydrogen) atoms. The standard InChI is InChI=1S/C25H27N7O3/c1-14-10-15(2)27-23(26-14)32-20(11-16(3)30-32)28-21(33)13-31-22(34)25(4,29-24(31)35)19-9-8-17-6-5-7-18(17)12-19/h8-12H,5-7,13H2,1-4H3,(H,28,33)(H,29,35). The minimum absolute atomic E-state index is 0.324. The zero-order chi connectivity index (χ0) is 24.9. The van der Waals surface area contributed by atoms with Crippen LogP contribution in [0.4, 0.5) is 10.6 Å². The first-order valence-electron chi connectivity index (χ1n) is 11.6. The lowest BCUT2D eigenvalue weighted by Crippen LogP contribution is -2.42. The second-order valence-electron chi connectivity index (χ2n) is 9.37. The van der Waals surface area contributed by atoms with Crippen molar-refractivity contribution >= 4 is 23.7 Å². The van der Waals surface area contributed by atoms with Gasteiger partial charge in [-0.2, -0.15) is 9.78 Å². The minimum atomic E-state index is -1.22. The lowest BCUT2D eigenvalue weighted by Gasteiger charge is -2.23. The van der Waals surface area contributed by atoms with Crippen LogP contribution in [0.3, 0.4) is 0 Å². The highest BCUT2D eigenvalue weighted by Crippen LogP contribution is 2.32. The van der Waals surface area contributed by atoms with Crippen LogP contribution in [0.5, 0.6) is 0 Å². The number of hydrogen-bond acceptors (Lipinski definition) is 6. The molecule has 1 unspecified atom stereocenters. The summed E-state index contributed by atoms with van der Waals surface area (Å²) in [6, 6.07) is 8.82. The van der Waals surface area contributed by atoms with Gasteiger partial charge in [-0.15, -0.1) is 0 Å². The summed E-state index contributed by atoms with van der Waals surface area (Å²) < 4.78 is 1.44. The van der Waals surface area contributed by atoms with Gasteiger partial charge in [-0.1, -0.05) is 18.2 Å². The molecule has 2 aliphatic rings. The van der Waals surface area contributed by atoms with E-state index < -0.39 is 29.9 Å². The Balaban J connectivity index is 1.35. The number of carbonyl (C=O) groups excluding carboxylic acids is 3. The Labute approximate surface area is 202 Å². The lowest BCUT2D eigenvalue weighted by molar-refractivity contribution is -0.133. The van der Waals surface area contributed by atoms with Crippen LogP contribution in [0.1, 0.15) is 47.1 Å². The summed E-state index contributed by atoms with van der Waals surface area (Å²) in [6.07, 6.45) is 3.08. The number of anilines is 1. The summed E-state index contributed by atoms with van der Waals surface area (Å²) in [5.41, 5.74) is 4.18. The van der Waals surface area contributed by atoms with Gasteiger partial charge in [0.05, 0.1) is 5.69 Å². The molecule has 180 valence electrons. The number of imide groups is 1. The lowest BCUT2D eigenvalue weighted by atomic mass is 9.89. The highest BCUT2D eigenvalue weighted by atomic mass is 16.2. The molecule has 10 heteroatoms. The van der Waals surface area contributed by atoms with Gasteiger partial charge >= 0.3 is 6.03 Å². The van der Waals surface area contributed by atoms with Gasteiger partial charge in [0.2, 0.25) is 5.91 Å². The maximum Gasteiger partial charge on any atom is 0.325 e. The number of aromatic nitrogens is 4. The van der Waals surface area contributed by atoms with Crippen molar-refractivity contribution in [3.63, 3.8) is 0 Å². The molecule has 1 aromatic carbocycles. The van der Waals surface area contributed by atoms with Gasteiger partial charge in [0.15, 0.2) is 0 Å². The number of urea groups is 1. The van der Waals surface area contributed by atoms with Crippen LogP contribution in [0.25, 0.3) is 5.95 Å².